The van der Waals surface area contributed by atoms with Crippen LogP contribution in [0.4, 0.5) is 0 Å². The zero-order valence-electron chi connectivity index (χ0n) is 12.0. The van der Waals surface area contributed by atoms with Crippen LogP contribution in [0.15, 0.2) is 53.4 Å². The molecule has 112 valence electrons. The standard InChI is InChI=1S/C17H19Cl2NS/c1-2-11-20-16(12-21-13-7-4-3-5-8-13)14-9-6-10-15(18)17(14)19/h3-10,16,20H,2,11-12H2,1H3. The first kappa shape index (κ1) is 16.7. The van der Waals surface area contributed by atoms with Gasteiger partial charge in [-0.2, -0.15) is 0 Å². The van der Waals surface area contributed by atoms with Crippen molar-refractivity contribution in [1.82, 2.24) is 5.32 Å². The van der Waals surface area contributed by atoms with Gasteiger partial charge >= 0.3 is 0 Å². The van der Waals surface area contributed by atoms with Crippen molar-refractivity contribution in [3.63, 3.8) is 0 Å². The van der Waals surface area contributed by atoms with E-state index in [4.69, 9.17) is 23.2 Å². The summed E-state index contributed by atoms with van der Waals surface area (Å²) in [5, 5.41) is 4.83. The molecule has 1 nitrogen and oxygen atoms in total. The van der Waals surface area contributed by atoms with E-state index >= 15 is 0 Å². The van der Waals surface area contributed by atoms with Crippen molar-refractivity contribution >= 4 is 35.0 Å². The molecule has 0 saturated carbocycles. The largest absolute Gasteiger partial charge is 0.309 e. The number of benzene rings is 2. The van der Waals surface area contributed by atoms with Gasteiger partial charge in [0, 0.05) is 16.7 Å². The molecule has 0 aliphatic heterocycles. The number of hydrogen-bond acceptors (Lipinski definition) is 2. The van der Waals surface area contributed by atoms with E-state index < -0.39 is 0 Å². The molecule has 0 aliphatic carbocycles. The summed E-state index contributed by atoms with van der Waals surface area (Å²) in [5.41, 5.74) is 1.07. The van der Waals surface area contributed by atoms with E-state index in [1.54, 1.807) is 0 Å². The van der Waals surface area contributed by atoms with Crippen LogP contribution in [0.2, 0.25) is 10.0 Å². The van der Waals surface area contributed by atoms with E-state index in [1.807, 2.05) is 36.0 Å². The van der Waals surface area contributed by atoms with Crippen LogP contribution >= 0.6 is 35.0 Å². The third-order valence-electron chi connectivity index (χ3n) is 3.16. The van der Waals surface area contributed by atoms with E-state index in [2.05, 4.69) is 36.5 Å². The first-order chi connectivity index (χ1) is 10.2. The molecular weight excluding hydrogens is 321 g/mol. The highest BCUT2D eigenvalue weighted by atomic mass is 35.5. The molecule has 0 spiro atoms. The van der Waals surface area contributed by atoms with Crippen LogP contribution in [0.5, 0.6) is 0 Å². The second-order valence-electron chi connectivity index (χ2n) is 4.77. The summed E-state index contributed by atoms with van der Waals surface area (Å²) >= 11 is 14.3. The maximum absolute atomic E-state index is 6.37. The first-order valence-electron chi connectivity index (χ1n) is 7.07. The van der Waals surface area contributed by atoms with Gasteiger partial charge < -0.3 is 5.32 Å². The number of thioether (sulfide) groups is 1. The van der Waals surface area contributed by atoms with Crippen LogP contribution in [0.25, 0.3) is 0 Å². The molecule has 1 atom stereocenters. The van der Waals surface area contributed by atoms with Gasteiger partial charge in [-0.15, -0.1) is 11.8 Å². The van der Waals surface area contributed by atoms with Gasteiger partial charge in [0.1, 0.15) is 0 Å². The number of nitrogens with one attached hydrogen (secondary N) is 1. The van der Waals surface area contributed by atoms with Gasteiger partial charge in [-0.25, -0.2) is 0 Å². The maximum Gasteiger partial charge on any atom is 0.0640 e. The molecule has 0 radical (unpaired) electrons. The van der Waals surface area contributed by atoms with Crippen LogP contribution < -0.4 is 5.32 Å². The smallest absolute Gasteiger partial charge is 0.0640 e. The summed E-state index contributed by atoms with van der Waals surface area (Å²) < 4.78 is 0. The lowest BCUT2D eigenvalue weighted by atomic mass is 10.1. The van der Waals surface area contributed by atoms with Crippen molar-refractivity contribution in [1.29, 1.82) is 0 Å². The third-order valence-corrected chi connectivity index (χ3v) is 5.10. The lowest BCUT2D eigenvalue weighted by molar-refractivity contribution is 0.577. The predicted molar refractivity (Wildman–Crippen MR) is 94.7 cm³/mol. The van der Waals surface area contributed by atoms with Gasteiger partial charge in [-0.3, -0.25) is 0 Å². The highest BCUT2D eigenvalue weighted by Gasteiger charge is 2.16. The van der Waals surface area contributed by atoms with Crippen LogP contribution in [0.3, 0.4) is 0 Å². The molecular formula is C17H19Cl2NS. The Bertz CT molecular complexity index is 560. The molecule has 0 amide bonds. The fourth-order valence-corrected chi connectivity index (χ4v) is 3.51. The van der Waals surface area contributed by atoms with E-state index in [0.29, 0.717) is 10.0 Å². The van der Waals surface area contributed by atoms with Gasteiger partial charge in [-0.05, 0) is 36.7 Å². The second kappa shape index (κ2) is 8.70. The monoisotopic (exact) mass is 339 g/mol. The van der Waals surface area contributed by atoms with Gasteiger partial charge in [0.05, 0.1) is 10.0 Å². The minimum Gasteiger partial charge on any atom is -0.309 e. The lowest BCUT2D eigenvalue weighted by Crippen LogP contribution is -2.24. The normalized spacial score (nSPS) is 12.3. The Kier molecular flexibility index (Phi) is 6.91. The summed E-state index contributed by atoms with van der Waals surface area (Å²) in [6.45, 7) is 3.12. The van der Waals surface area contributed by atoms with Crippen LogP contribution in [-0.2, 0) is 0 Å². The minimum atomic E-state index is 0.196. The van der Waals surface area contributed by atoms with Crippen LogP contribution in [0.1, 0.15) is 24.9 Å². The topological polar surface area (TPSA) is 12.0 Å². The highest BCUT2D eigenvalue weighted by molar-refractivity contribution is 7.99. The van der Waals surface area contributed by atoms with Gasteiger partial charge in [0.15, 0.2) is 0 Å². The number of halogens is 2. The zero-order chi connectivity index (χ0) is 15.1. The number of hydrogen-bond donors (Lipinski definition) is 1. The molecule has 0 aliphatic rings. The van der Waals surface area contributed by atoms with Crippen molar-refractivity contribution in [3.8, 4) is 0 Å². The molecule has 1 unspecified atom stereocenters. The Morgan fingerprint density at radius 3 is 2.52 bits per heavy atom. The molecule has 0 fully saturated rings. The minimum absolute atomic E-state index is 0.196. The van der Waals surface area contributed by atoms with Crippen molar-refractivity contribution in [2.24, 2.45) is 0 Å². The SMILES string of the molecule is CCCNC(CSc1ccccc1)c1cccc(Cl)c1Cl. The Labute approximate surface area is 141 Å². The molecule has 4 heteroatoms. The van der Waals surface area contributed by atoms with Crippen LogP contribution in [0, 0.1) is 0 Å². The van der Waals surface area contributed by atoms with Crippen molar-refractivity contribution in [2.45, 2.75) is 24.3 Å². The molecule has 2 aromatic carbocycles. The lowest BCUT2D eigenvalue weighted by Gasteiger charge is -2.20. The third kappa shape index (κ3) is 4.93. The fraction of sp³-hybridized carbons (Fsp3) is 0.294. The molecule has 1 N–H and O–H groups in total. The average Bonchev–Trinajstić information content (AvgIpc) is 2.52. The van der Waals surface area contributed by atoms with Crippen molar-refractivity contribution in [3.05, 3.63) is 64.1 Å². The Hall–Kier alpha value is -0.670. The van der Waals surface area contributed by atoms with Gasteiger partial charge in [0.25, 0.3) is 0 Å². The van der Waals surface area contributed by atoms with Crippen molar-refractivity contribution in [2.75, 3.05) is 12.3 Å². The molecule has 0 aromatic heterocycles. The van der Waals surface area contributed by atoms with Gasteiger partial charge in [0.2, 0.25) is 0 Å². The summed E-state index contributed by atoms with van der Waals surface area (Å²) in [6.07, 6.45) is 1.09. The van der Waals surface area contributed by atoms with Crippen LogP contribution in [-0.4, -0.2) is 12.3 Å². The van der Waals surface area contributed by atoms with Gasteiger partial charge in [-0.1, -0.05) is 60.5 Å². The highest BCUT2D eigenvalue weighted by Crippen LogP contribution is 2.33. The zero-order valence-corrected chi connectivity index (χ0v) is 14.3. The molecule has 21 heavy (non-hydrogen) atoms. The molecule has 0 saturated heterocycles. The maximum atomic E-state index is 6.37. The Morgan fingerprint density at radius 1 is 1.05 bits per heavy atom. The molecule has 2 rings (SSSR count). The predicted octanol–water partition coefficient (Wildman–Crippen LogP) is 5.83. The Morgan fingerprint density at radius 2 is 1.81 bits per heavy atom. The summed E-state index contributed by atoms with van der Waals surface area (Å²) in [5.74, 6) is 0.921. The second-order valence-corrected chi connectivity index (χ2v) is 6.65. The summed E-state index contributed by atoms with van der Waals surface area (Å²) in [4.78, 5) is 1.26. The number of rotatable bonds is 7. The van der Waals surface area contributed by atoms with E-state index in [1.165, 1.54) is 4.90 Å². The molecule has 0 bridgehead atoms. The van der Waals surface area contributed by atoms with E-state index in [0.717, 1.165) is 24.3 Å². The van der Waals surface area contributed by atoms with E-state index in [-0.39, 0.29) is 6.04 Å². The fourth-order valence-electron chi connectivity index (χ4n) is 2.06. The quantitative estimate of drug-likeness (QED) is 0.637. The molecule has 0 heterocycles. The average molecular weight is 340 g/mol. The Balaban J connectivity index is 2.12. The molecule has 2 aromatic rings. The summed E-state index contributed by atoms with van der Waals surface area (Å²) in [6, 6.07) is 16.4. The van der Waals surface area contributed by atoms with E-state index in [9.17, 15) is 0 Å². The summed E-state index contributed by atoms with van der Waals surface area (Å²) in [7, 11) is 0. The van der Waals surface area contributed by atoms with Crippen molar-refractivity contribution < 1.29 is 0 Å². The first-order valence-corrected chi connectivity index (χ1v) is 8.81.